The summed E-state index contributed by atoms with van der Waals surface area (Å²) in [5.41, 5.74) is 7.82. The number of imidazole rings is 1. The fourth-order valence-electron chi connectivity index (χ4n) is 7.55. The van der Waals surface area contributed by atoms with Crippen LogP contribution in [-0.4, -0.2) is 53.7 Å². The van der Waals surface area contributed by atoms with Crippen LogP contribution < -0.4 is 0 Å². The molecule has 2 heterocycles. The first-order valence-corrected chi connectivity index (χ1v) is 17.6. The molecule has 5 nitrogen and oxygen atoms in total. The largest absolute Gasteiger partial charge is 0.405 e. The van der Waals surface area contributed by atoms with Crippen LogP contribution in [0, 0.1) is 0 Å². The van der Waals surface area contributed by atoms with Crippen molar-refractivity contribution in [2.45, 2.75) is 10.9 Å². The van der Waals surface area contributed by atoms with E-state index in [4.69, 9.17) is 4.98 Å². The molecule has 8 heteroatoms. The van der Waals surface area contributed by atoms with Crippen molar-refractivity contribution >= 4 is 66.9 Å². The number of aliphatic hydroxyl groups is 2. The Kier molecular flexibility index (Phi) is 7.44. The number of para-hydroxylation sites is 2. The van der Waals surface area contributed by atoms with Crippen molar-refractivity contribution in [3.63, 3.8) is 0 Å². The molecule has 246 valence electrons. The van der Waals surface area contributed by atoms with E-state index >= 15 is 0 Å². The van der Waals surface area contributed by atoms with Crippen LogP contribution >= 0.6 is 0 Å². The third kappa shape index (κ3) is 5.14. The molecular weight excluding hydrogens is 635 g/mol. The Balaban J connectivity index is 1.22. The van der Waals surface area contributed by atoms with E-state index in [0.29, 0.717) is 5.82 Å². The highest BCUT2D eigenvalue weighted by Crippen LogP contribution is 2.45. The predicted octanol–water partition coefficient (Wildman–Crippen LogP) is 6.57. The summed E-state index contributed by atoms with van der Waals surface area (Å²) in [6.07, 6.45) is 3.72. The molecule has 9 rings (SSSR count). The van der Waals surface area contributed by atoms with E-state index in [9.17, 15) is 10.2 Å². The molecule has 0 bridgehead atoms. The summed E-state index contributed by atoms with van der Waals surface area (Å²) in [5.74, 6) is 0.390. The molecule has 0 saturated carbocycles. The third-order valence-corrected chi connectivity index (χ3v) is 10.6. The maximum Gasteiger partial charge on any atom is 0.154 e. The van der Waals surface area contributed by atoms with Crippen molar-refractivity contribution in [2.75, 3.05) is 0 Å². The molecule has 52 heavy (non-hydrogen) atoms. The highest BCUT2D eigenvalue weighted by molar-refractivity contribution is 6.43. The van der Waals surface area contributed by atoms with E-state index < -0.39 is 10.9 Å². The highest BCUT2D eigenvalue weighted by Gasteiger charge is 2.43. The minimum Gasteiger partial charge on any atom is -0.405 e. The van der Waals surface area contributed by atoms with Crippen molar-refractivity contribution in [3.8, 4) is 39.1 Å². The van der Waals surface area contributed by atoms with Crippen LogP contribution in [0.4, 0.5) is 0 Å². The molecule has 0 radical (unpaired) electrons. The summed E-state index contributed by atoms with van der Waals surface area (Å²) in [5, 5.41) is 28.2. The predicted molar refractivity (Wildman–Crippen MR) is 222 cm³/mol. The van der Waals surface area contributed by atoms with Crippen LogP contribution in [0.5, 0.6) is 0 Å². The van der Waals surface area contributed by atoms with Crippen LogP contribution in [0.2, 0.25) is 0 Å². The Bertz CT molecular complexity index is 2770. The molecule has 0 aliphatic rings. The molecule has 7 aromatic carbocycles. The summed E-state index contributed by atoms with van der Waals surface area (Å²) in [6.45, 7) is 0. The van der Waals surface area contributed by atoms with Gasteiger partial charge in [-0.05, 0) is 103 Å². The van der Waals surface area contributed by atoms with Gasteiger partial charge in [-0.25, -0.2) is 4.98 Å². The van der Waals surface area contributed by atoms with Gasteiger partial charge in [-0.2, -0.15) is 0 Å². The number of hydrogen-bond donors (Lipinski definition) is 2. The third-order valence-electron chi connectivity index (χ3n) is 10.6. The molecule has 0 aliphatic heterocycles. The molecule has 0 amide bonds. The molecular formula is C44H34B3N3O2. The smallest absolute Gasteiger partial charge is 0.154 e. The first kappa shape index (κ1) is 32.0. The van der Waals surface area contributed by atoms with Gasteiger partial charge in [-0.15, -0.1) is 0 Å². The van der Waals surface area contributed by atoms with Crippen LogP contribution in [-0.2, 0) is 5.50 Å². The number of hydrogen-bond acceptors (Lipinski definition) is 4. The molecule has 2 aromatic heterocycles. The van der Waals surface area contributed by atoms with Crippen LogP contribution in [0.3, 0.4) is 0 Å². The second kappa shape index (κ2) is 12.1. The average Bonchev–Trinajstić information content (AvgIpc) is 3.57. The minimum absolute atomic E-state index is 0.390. The molecule has 9 aromatic rings. The first-order valence-electron chi connectivity index (χ1n) is 17.6. The van der Waals surface area contributed by atoms with Crippen molar-refractivity contribution in [1.29, 1.82) is 0 Å². The van der Waals surface area contributed by atoms with Crippen molar-refractivity contribution in [3.05, 3.63) is 164 Å². The molecule has 0 saturated heterocycles. The maximum atomic E-state index is 11.6. The zero-order chi connectivity index (χ0) is 35.6. The summed E-state index contributed by atoms with van der Waals surface area (Å²) >= 11 is 0. The molecule has 0 aliphatic carbocycles. The van der Waals surface area contributed by atoms with E-state index in [2.05, 4.69) is 120 Å². The monoisotopic (exact) mass is 669 g/mol. The normalized spacial score (nSPS) is 13.2. The van der Waals surface area contributed by atoms with Gasteiger partial charge in [-0.3, -0.25) is 9.55 Å². The Morgan fingerprint density at radius 2 is 1.10 bits per heavy atom. The Hall–Kier alpha value is -5.95. The van der Waals surface area contributed by atoms with Gasteiger partial charge in [0.25, 0.3) is 0 Å². The highest BCUT2D eigenvalue weighted by atomic mass is 16.3. The van der Waals surface area contributed by atoms with Gasteiger partial charge in [-0.1, -0.05) is 103 Å². The van der Waals surface area contributed by atoms with E-state index in [0.717, 1.165) is 44.2 Å². The summed E-state index contributed by atoms with van der Waals surface area (Å²) in [6, 6.07) is 51.1. The second-order valence-corrected chi connectivity index (χ2v) is 14.3. The van der Waals surface area contributed by atoms with E-state index in [1.54, 1.807) is 29.7 Å². The molecule has 0 spiro atoms. The number of fused-ring (bicyclic) bond motifs is 4. The van der Waals surface area contributed by atoms with Crippen LogP contribution in [0.25, 0.3) is 82.4 Å². The lowest BCUT2D eigenvalue weighted by atomic mass is 9.49. The molecule has 0 fully saturated rings. The Morgan fingerprint density at radius 1 is 0.519 bits per heavy atom. The molecule has 1 atom stereocenters. The summed E-state index contributed by atoms with van der Waals surface area (Å²) in [7, 11) is 4.84. The fourth-order valence-corrected chi connectivity index (χ4v) is 7.55. The number of rotatable bonds is 6. The summed E-state index contributed by atoms with van der Waals surface area (Å²) in [4.78, 5) is 9.18. The van der Waals surface area contributed by atoms with Gasteiger partial charge in [0.1, 0.15) is 27.0 Å². The lowest BCUT2D eigenvalue weighted by Crippen LogP contribution is -2.54. The van der Waals surface area contributed by atoms with Gasteiger partial charge in [0.05, 0.1) is 11.0 Å². The SMILES string of the molecule is BC(B)(O)C(B)(O)c1nc2ccccc2n1-c1ccc2cc(-c3c4ccccc4c(-c4cccc(-c5cccnc5)c4)c4ccccc34)ccc2c1. The van der Waals surface area contributed by atoms with Crippen LogP contribution in [0.15, 0.2) is 158 Å². The Labute approximate surface area is 304 Å². The molecule has 2 N–H and O–H groups in total. The van der Waals surface area contributed by atoms with E-state index in [1.807, 2.05) is 41.1 Å². The number of nitrogens with zero attached hydrogens (tertiary/aromatic N) is 3. The second-order valence-electron chi connectivity index (χ2n) is 14.3. The van der Waals surface area contributed by atoms with Gasteiger partial charge in [0.15, 0.2) is 7.85 Å². The lowest BCUT2D eigenvalue weighted by molar-refractivity contribution is -0.00426. The molecule has 1 unspecified atom stereocenters. The Morgan fingerprint density at radius 3 is 1.75 bits per heavy atom. The zero-order valence-electron chi connectivity index (χ0n) is 29.2. The number of aromatic nitrogens is 3. The fraction of sp³-hybridized carbons (Fsp3) is 0.0455. The number of benzene rings is 7. The standard InChI is InChI=1S/C44H34B3N3O2/c45-43(51,44(46,47)52)42-49-38-16-5-6-17-39(38)50(42)33-21-20-28-24-31(19-18-29(28)25-33)41-36-14-3-1-12-34(36)40(35-13-2-4-15-37(35)41)30-10-7-9-27(23-30)32-11-8-22-48-26-32/h1-26,51-52H,45-47H2. The van der Waals surface area contributed by atoms with Crippen molar-refractivity contribution in [2.24, 2.45) is 0 Å². The quantitative estimate of drug-likeness (QED) is 0.155. The number of pyridine rings is 1. The van der Waals surface area contributed by atoms with E-state index in [-0.39, 0.29) is 0 Å². The lowest BCUT2D eigenvalue weighted by Gasteiger charge is -2.36. The average molecular weight is 669 g/mol. The minimum atomic E-state index is -1.61. The zero-order valence-corrected chi connectivity index (χ0v) is 29.2. The first-order chi connectivity index (χ1) is 25.2. The van der Waals surface area contributed by atoms with Crippen molar-refractivity contribution in [1.82, 2.24) is 14.5 Å². The topological polar surface area (TPSA) is 71.2 Å². The van der Waals surface area contributed by atoms with Gasteiger partial charge < -0.3 is 10.2 Å². The van der Waals surface area contributed by atoms with Crippen molar-refractivity contribution < 1.29 is 10.2 Å². The van der Waals surface area contributed by atoms with Gasteiger partial charge in [0.2, 0.25) is 0 Å². The van der Waals surface area contributed by atoms with Crippen LogP contribution in [0.1, 0.15) is 5.82 Å². The van der Waals surface area contributed by atoms with Gasteiger partial charge in [0, 0.05) is 29.0 Å². The van der Waals surface area contributed by atoms with Gasteiger partial charge >= 0.3 is 0 Å². The maximum absolute atomic E-state index is 11.6. The van der Waals surface area contributed by atoms with E-state index in [1.165, 1.54) is 38.2 Å². The summed E-state index contributed by atoms with van der Waals surface area (Å²) < 4.78 is 1.96.